The molecule has 4 rings (SSSR count). The molecule has 0 heterocycles. The lowest BCUT2D eigenvalue weighted by Crippen LogP contribution is -2.30. The quantitative estimate of drug-likeness (QED) is 0.134. The summed E-state index contributed by atoms with van der Waals surface area (Å²) in [5, 5.41) is 7.71. The van der Waals surface area contributed by atoms with Crippen molar-refractivity contribution in [1.29, 1.82) is 0 Å². The summed E-state index contributed by atoms with van der Waals surface area (Å²) in [5.74, 6) is -1.20. The summed E-state index contributed by atoms with van der Waals surface area (Å²) in [6, 6.07) is 28.7. The van der Waals surface area contributed by atoms with Crippen LogP contribution in [0.15, 0.2) is 114 Å². The number of ether oxygens (including phenoxy) is 1. The summed E-state index contributed by atoms with van der Waals surface area (Å²) in [4.78, 5) is 40.0. The Morgan fingerprint density at radius 3 is 2.36 bits per heavy atom. The van der Waals surface area contributed by atoms with E-state index in [0.29, 0.717) is 29.0 Å². The largest absolute Gasteiger partial charge is 0.497 e. The van der Waals surface area contributed by atoms with Crippen LogP contribution in [-0.4, -0.2) is 30.1 Å². The SMILES string of the molecule is CCC(Sc1cccc(NC(=O)/C(=C/c2cccc(OC)c2)NC(=O)c2ccccc2)c1)C(=O)Nc1ccccc1F. The second kappa shape index (κ2) is 14.7. The van der Waals surface area contributed by atoms with Crippen LogP contribution in [0.4, 0.5) is 15.8 Å². The Morgan fingerprint density at radius 1 is 0.881 bits per heavy atom. The molecular formula is C33H30FN3O4S. The van der Waals surface area contributed by atoms with E-state index < -0.39 is 22.9 Å². The number of methoxy groups -OCH3 is 1. The van der Waals surface area contributed by atoms with Crippen LogP contribution >= 0.6 is 11.8 Å². The molecule has 0 fully saturated rings. The standard InChI is InChI=1S/C33H30FN3O4S/c1-3-30(33(40)36-28-18-8-7-17-27(28)34)42-26-16-10-14-24(21-26)35-32(39)29(20-22-11-9-15-25(19-22)41-2)37-31(38)23-12-5-4-6-13-23/h4-21,30H,3H2,1-2H3,(H,35,39)(H,36,40)(H,37,38)/b29-20-. The molecular weight excluding hydrogens is 553 g/mol. The van der Waals surface area contributed by atoms with Crippen molar-refractivity contribution in [3.05, 3.63) is 126 Å². The molecule has 0 aromatic heterocycles. The topological polar surface area (TPSA) is 96.5 Å². The van der Waals surface area contributed by atoms with Crippen LogP contribution in [0.2, 0.25) is 0 Å². The summed E-state index contributed by atoms with van der Waals surface area (Å²) in [6.07, 6.45) is 2.07. The molecule has 0 saturated heterocycles. The van der Waals surface area contributed by atoms with Crippen molar-refractivity contribution in [3.63, 3.8) is 0 Å². The van der Waals surface area contributed by atoms with Crippen molar-refractivity contribution in [3.8, 4) is 5.75 Å². The lowest BCUT2D eigenvalue weighted by molar-refractivity contribution is -0.116. The fourth-order valence-corrected chi connectivity index (χ4v) is 4.96. The number of para-hydroxylation sites is 1. The number of benzene rings is 4. The summed E-state index contributed by atoms with van der Waals surface area (Å²) >= 11 is 1.30. The molecule has 0 bridgehead atoms. The van der Waals surface area contributed by atoms with Gasteiger partial charge >= 0.3 is 0 Å². The average molecular weight is 584 g/mol. The van der Waals surface area contributed by atoms with Gasteiger partial charge in [0.1, 0.15) is 17.3 Å². The Hall–Kier alpha value is -4.89. The molecule has 3 N–H and O–H groups in total. The van der Waals surface area contributed by atoms with E-state index in [9.17, 15) is 18.8 Å². The lowest BCUT2D eigenvalue weighted by atomic mass is 10.1. The van der Waals surface area contributed by atoms with Crippen molar-refractivity contribution in [2.75, 3.05) is 17.7 Å². The first kappa shape index (κ1) is 30.1. The number of rotatable bonds is 11. The van der Waals surface area contributed by atoms with Gasteiger partial charge in [0, 0.05) is 16.1 Å². The van der Waals surface area contributed by atoms with E-state index in [-0.39, 0.29) is 17.3 Å². The van der Waals surface area contributed by atoms with Crippen LogP contribution in [0.1, 0.15) is 29.3 Å². The van der Waals surface area contributed by atoms with Gasteiger partial charge in [0.25, 0.3) is 11.8 Å². The molecule has 1 atom stereocenters. The molecule has 1 unspecified atom stereocenters. The van der Waals surface area contributed by atoms with Gasteiger partial charge in [0.2, 0.25) is 5.91 Å². The fraction of sp³-hybridized carbons (Fsp3) is 0.121. The third-order valence-electron chi connectivity index (χ3n) is 6.10. The van der Waals surface area contributed by atoms with E-state index in [1.54, 1.807) is 98.1 Å². The lowest BCUT2D eigenvalue weighted by Gasteiger charge is -2.16. The zero-order valence-electron chi connectivity index (χ0n) is 23.1. The Bertz CT molecular complexity index is 1590. The monoisotopic (exact) mass is 583 g/mol. The maximum absolute atomic E-state index is 14.0. The van der Waals surface area contributed by atoms with Crippen molar-refractivity contribution in [2.45, 2.75) is 23.5 Å². The van der Waals surface area contributed by atoms with E-state index in [2.05, 4.69) is 16.0 Å². The Balaban J connectivity index is 1.52. The number of carbonyl (C=O) groups is 3. The normalized spacial score (nSPS) is 11.7. The number of thioether (sulfide) groups is 1. The van der Waals surface area contributed by atoms with Gasteiger partial charge in [-0.2, -0.15) is 0 Å². The number of hydrogen-bond donors (Lipinski definition) is 3. The maximum atomic E-state index is 14.0. The smallest absolute Gasteiger partial charge is 0.272 e. The van der Waals surface area contributed by atoms with Crippen molar-refractivity contribution >= 4 is 46.9 Å². The molecule has 0 saturated carbocycles. The highest BCUT2D eigenvalue weighted by Crippen LogP contribution is 2.29. The molecule has 42 heavy (non-hydrogen) atoms. The number of amides is 3. The van der Waals surface area contributed by atoms with Crippen LogP contribution in [0.3, 0.4) is 0 Å². The molecule has 0 aliphatic heterocycles. The number of hydrogen-bond acceptors (Lipinski definition) is 5. The van der Waals surface area contributed by atoms with Crippen LogP contribution in [-0.2, 0) is 9.59 Å². The minimum atomic E-state index is -0.534. The molecule has 9 heteroatoms. The van der Waals surface area contributed by atoms with Crippen LogP contribution in [0, 0.1) is 5.82 Å². The highest BCUT2D eigenvalue weighted by molar-refractivity contribution is 8.00. The summed E-state index contributed by atoms with van der Waals surface area (Å²) in [6.45, 7) is 1.87. The highest BCUT2D eigenvalue weighted by Gasteiger charge is 2.20. The predicted molar refractivity (Wildman–Crippen MR) is 165 cm³/mol. The Morgan fingerprint density at radius 2 is 1.62 bits per heavy atom. The van der Waals surface area contributed by atoms with E-state index in [1.807, 2.05) is 13.0 Å². The van der Waals surface area contributed by atoms with Crippen molar-refractivity contribution in [1.82, 2.24) is 5.32 Å². The first-order valence-corrected chi connectivity index (χ1v) is 14.1. The second-order valence-electron chi connectivity index (χ2n) is 9.12. The molecule has 0 aliphatic rings. The van der Waals surface area contributed by atoms with Gasteiger partial charge < -0.3 is 20.7 Å². The molecule has 4 aromatic rings. The van der Waals surface area contributed by atoms with Crippen LogP contribution < -0.4 is 20.7 Å². The van der Waals surface area contributed by atoms with Crippen molar-refractivity contribution < 1.29 is 23.5 Å². The first-order chi connectivity index (χ1) is 20.4. The van der Waals surface area contributed by atoms with E-state index in [1.165, 1.54) is 23.9 Å². The highest BCUT2D eigenvalue weighted by atomic mass is 32.2. The zero-order chi connectivity index (χ0) is 29.9. The van der Waals surface area contributed by atoms with Gasteiger partial charge in [-0.25, -0.2) is 4.39 Å². The Kier molecular flexibility index (Phi) is 10.5. The summed E-state index contributed by atoms with van der Waals surface area (Å²) in [5.41, 5.74) is 1.68. The van der Waals surface area contributed by atoms with E-state index in [4.69, 9.17) is 4.74 Å². The van der Waals surface area contributed by atoms with Crippen molar-refractivity contribution in [2.24, 2.45) is 0 Å². The van der Waals surface area contributed by atoms with Gasteiger partial charge in [0.15, 0.2) is 0 Å². The number of nitrogens with one attached hydrogen (secondary N) is 3. The first-order valence-electron chi connectivity index (χ1n) is 13.2. The predicted octanol–water partition coefficient (Wildman–Crippen LogP) is 6.75. The molecule has 7 nitrogen and oxygen atoms in total. The molecule has 0 aliphatic carbocycles. The van der Waals surface area contributed by atoms with E-state index in [0.717, 1.165) is 4.90 Å². The number of anilines is 2. The number of halogens is 1. The number of carbonyl (C=O) groups excluding carboxylic acids is 3. The second-order valence-corrected chi connectivity index (χ2v) is 10.4. The van der Waals surface area contributed by atoms with Gasteiger partial charge in [0.05, 0.1) is 18.0 Å². The van der Waals surface area contributed by atoms with Gasteiger partial charge in [-0.3, -0.25) is 14.4 Å². The molecule has 3 amide bonds. The Labute approximate surface area is 248 Å². The third kappa shape index (κ3) is 8.31. The van der Waals surface area contributed by atoms with E-state index >= 15 is 0 Å². The van der Waals surface area contributed by atoms with Gasteiger partial charge in [-0.1, -0.05) is 55.5 Å². The zero-order valence-corrected chi connectivity index (χ0v) is 23.9. The molecule has 0 radical (unpaired) electrons. The third-order valence-corrected chi connectivity index (χ3v) is 7.46. The molecule has 0 spiro atoms. The maximum Gasteiger partial charge on any atom is 0.272 e. The minimum Gasteiger partial charge on any atom is -0.497 e. The van der Waals surface area contributed by atoms with Gasteiger partial charge in [-0.15, -0.1) is 11.8 Å². The molecule has 4 aromatic carbocycles. The fourth-order valence-electron chi connectivity index (χ4n) is 3.95. The van der Waals surface area contributed by atoms with Crippen LogP contribution in [0.25, 0.3) is 6.08 Å². The minimum absolute atomic E-state index is 0.0332. The van der Waals surface area contributed by atoms with Crippen LogP contribution in [0.5, 0.6) is 5.75 Å². The van der Waals surface area contributed by atoms with Gasteiger partial charge in [-0.05, 0) is 72.7 Å². The molecule has 214 valence electrons. The average Bonchev–Trinajstić information content (AvgIpc) is 3.01. The summed E-state index contributed by atoms with van der Waals surface area (Å²) < 4.78 is 19.3. The summed E-state index contributed by atoms with van der Waals surface area (Å²) in [7, 11) is 1.55.